The maximum Gasteiger partial charge on any atom is 0.00959 e. The molecule has 1 saturated carbocycles. The van der Waals surface area contributed by atoms with Crippen molar-refractivity contribution in [2.24, 2.45) is 22.7 Å². The molecule has 1 rings (SSSR count). The lowest BCUT2D eigenvalue weighted by Gasteiger charge is -2.28. The fraction of sp³-hybridized carbons (Fsp3) is 1.00. The predicted molar refractivity (Wildman–Crippen MR) is 58.6 cm³/mol. The normalized spacial score (nSPS) is 35.2. The van der Waals surface area contributed by atoms with Crippen LogP contribution in [0, 0.1) is 22.7 Å². The predicted octanol–water partition coefficient (Wildman–Crippen LogP) is 4.09. The topological polar surface area (TPSA) is 0 Å². The largest absolute Gasteiger partial charge is 0.0922 e. The van der Waals surface area contributed by atoms with Gasteiger partial charge in [0.1, 0.15) is 0 Å². The molecule has 1 aliphatic carbocycles. The molecule has 0 aliphatic heterocycles. The number of hydrogen-bond acceptors (Lipinski definition) is 0. The minimum absolute atomic E-state index is 0.570. The molecule has 0 nitrogen and oxygen atoms in total. The Kier molecular flexibility index (Phi) is 2.65. The summed E-state index contributed by atoms with van der Waals surface area (Å²) in [6.45, 7) is 11.9. The summed E-state index contributed by atoms with van der Waals surface area (Å²) in [7, 11) is 0. The van der Waals surface area contributed by atoms with E-state index < -0.39 is 0 Å². The summed E-state index contributed by atoms with van der Waals surface area (Å²) in [4.78, 5) is 0. The van der Waals surface area contributed by atoms with Gasteiger partial charge in [-0.25, -0.2) is 0 Å². The van der Waals surface area contributed by atoms with Gasteiger partial charge in [-0.15, -0.1) is 0 Å². The number of halogens is 1. The lowest BCUT2D eigenvalue weighted by atomic mass is 9.79. The molecule has 0 aromatic rings. The van der Waals surface area contributed by atoms with Gasteiger partial charge in [0.15, 0.2) is 0 Å². The van der Waals surface area contributed by atoms with Gasteiger partial charge in [-0.05, 0) is 29.1 Å². The van der Waals surface area contributed by atoms with Crippen LogP contribution in [0.3, 0.4) is 0 Å². The molecular formula is C11H21Br. The molecule has 0 radical (unpaired) electrons. The molecule has 0 amide bonds. The minimum atomic E-state index is 0.570. The highest BCUT2D eigenvalue weighted by Gasteiger charge is 2.62. The lowest BCUT2D eigenvalue weighted by molar-refractivity contribution is 0.231. The van der Waals surface area contributed by atoms with Crippen LogP contribution in [0.1, 0.15) is 41.0 Å². The molecule has 0 bridgehead atoms. The van der Waals surface area contributed by atoms with Crippen LogP contribution in [0.25, 0.3) is 0 Å². The van der Waals surface area contributed by atoms with Crippen molar-refractivity contribution in [3.05, 3.63) is 0 Å². The summed E-state index contributed by atoms with van der Waals surface area (Å²) in [6.07, 6.45) is 1.39. The van der Waals surface area contributed by atoms with Crippen molar-refractivity contribution in [1.29, 1.82) is 0 Å². The number of rotatable bonds is 3. The van der Waals surface area contributed by atoms with Crippen molar-refractivity contribution in [2.45, 2.75) is 41.0 Å². The third-order valence-electron chi connectivity index (χ3n) is 4.09. The van der Waals surface area contributed by atoms with E-state index in [1.165, 1.54) is 11.8 Å². The van der Waals surface area contributed by atoms with Crippen molar-refractivity contribution < 1.29 is 0 Å². The fourth-order valence-corrected chi connectivity index (χ4v) is 3.98. The van der Waals surface area contributed by atoms with E-state index in [9.17, 15) is 0 Å². The summed E-state index contributed by atoms with van der Waals surface area (Å²) in [5, 5.41) is 1.17. The van der Waals surface area contributed by atoms with Crippen LogP contribution in [-0.2, 0) is 0 Å². The molecule has 2 atom stereocenters. The van der Waals surface area contributed by atoms with Gasteiger partial charge < -0.3 is 0 Å². The Bertz CT molecular complexity index is 172. The SMILES string of the molecule is CC(C)C(C)C1(CBr)CC1(C)C. The third kappa shape index (κ3) is 1.34. The van der Waals surface area contributed by atoms with Crippen LogP contribution in [0.4, 0.5) is 0 Å². The van der Waals surface area contributed by atoms with Gasteiger partial charge in [0.05, 0.1) is 0 Å². The average molecular weight is 233 g/mol. The molecule has 1 heteroatoms. The molecule has 2 unspecified atom stereocenters. The molecule has 0 saturated heterocycles. The summed E-state index contributed by atoms with van der Waals surface area (Å²) >= 11 is 3.68. The number of alkyl halides is 1. The molecule has 72 valence electrons. The summed E-state index contributed by atoms with van der Waals surface area (Å²) < 4.78 is 0. The number of hydrogen-bond donors (Lipinski definition) is 0. The Morgan fingerprint density at radius 2 is 1.67 bits per heavy atom. The van der Waals surface area contributed by atoms with Gasteiger partial charge in [0.2, 0.25) is 0 Å². The lowest BCUT2D eigenvalue weighted by Crippen LogP contribution is -2.24. The summed E-state index contributed by atoms with van der Waals surface area (Å²) in [5.41, 5.74) is 1.15. The van der Waals surface area contributed by atoms with Gasteiger partial charge >= 0.3 is 0 Å². The van der Waals surface area contributed by atoms with Crippen molar-refractivity contribution in [1.82, 2.24) is 0 Å². The maximum absolute atomic E-state index is 3.68. The van der Waals surface area contributed by atoms with Crippen LogP contribution in [0.15, 0.2) is 0 Å². The Hall–Kier alpha value is 0.480. The molecule has 0 aromatic carbocycles. The zero-order valence-electron chi connectivity index (χ0n) is 8.95. The highest BCUT2D eigenvalue weighted by Crippen LogP contribution is 2.69. The maximum atomic E-state index is 3.68. The first-order chi connectivity index (χ1) is 5.37. The van der Waals surface area contributed by atoms with Gasteiger partial charge in [0, 0.05) is 5.33 Å². The Labute approximate surface area is 85.3 Å². The standard InChI is InChI=1S/C11H21Br/c1-8(2)9(3)11(7-12)6-10(11,4)5/h8-9H,6-7H2,1-5H3. The quantitative estimate of drug-likeness (QED) is 0.644. The van der Waals surface area contributed by atoms with Crippen molar-refractivity contribution in [3.8, 4) is 0 Å². The van der Waals surface area contributed by atoms with Crippen molar-refractivity contribution in [3.63, 3.8) is 0 Å². The van der Waals surface area contributed by atoms with Crippen molar-refractivity contribution >= 4 is 15.9 Å². The third-order valence-corrected chi connectivity index (χ3v) is 5.09. The van der Waals surface area contributed by atoms with Crippen molar-refractivity contribution in [2.75, 3.05) is 5.33 Å². The molecule has 12 heavy (non-hydrogen) atoms. The first-order valence-electron chi connectivity index (χ1n) is 4.93. The molecule has 0 heterocycles. The summed E-state index contributed by atoms with van der Waals surface area (Å²) in [6, 6.07) is 0. The van der Waals surface area contributed by atoms with E-state index in [4.69, 9.17) is 0 Å². The van der Waals surface area contributed by atoms with Crippen LogP contribution in [-0.4, -0.2) is 5.33 Å². The van der Waals surface area contributed by atoms with Crippen LogP contribution >= 0.6 is 15.9 Å². The van der Waals surface area contributed by atoms with E-state index in [2.05, 4.69) is 50.5 Å². The Morgan fingerprint density at radius 1 is 1.25 bits per heavy atom. The molecule has 1 fully saturated rings. The first kappa shape index (κ1) is 10.6. The molecule has 1 aliphatic rings. The molecular weight excluding hydrogens is 212 g/mol. The molecule has 0 N–H and O–H groups in total. The van der Waals surface area contributed by atoms with Gasteiger partial charge in [-0.2, -0.15) is 0 Å². The molecule has 0 spiro atoms. The van der Waals surface area contributed by atoms with Crippen LogP contribution in [0.5, 0.6) is 0 Å². The van der Waals surface area contributed by atoms with E-state index in [0.717, 1.165) is 11.8 Å². The van der Waals surface area contributed by atoms with Gasteiger partial charge in [-0.3, -0.25) is 0 Å². The highest BCUT2D eigenvalue weighted by molar-refractivity contribution is 9.09. The van der Waals surface area contributed by atoms with Gasteiger partial charge in [0.25, 0.3) is 0 Å². The highest BCUT2D eigenvalue weighted by atomic mass is 79.9. The second-order valence-corrected chi connectivity index (χ2v) is 5.94. The summed E-state index contributed by atoms with van der Waals surface area (Å²) in [5.74, 6) is 1.65. The Balaban J connectivity index is 2.72. The van der Waals surface area contributed by atoms with E-state index >= 15 is 0 Å². The fourth-order valence-electron chi connectivity index (χ4n) is 2.51. The monoisotopic (exact) mass is 232 g/mol. The zero-order chi connectivity index (χ0) is 9.57. The van der Waals surface area contributed by atoms with E-state index in [-0.39, 0.29) is 0 Å². The smallest absolute Gasteiger partial charge is 0.00959 e. The minimum Gasteiger partial charge on any atom is -0.0922 e. The second-order valence-electron chi connectivity index (χ2n) is 5.38. The van der Waals surface area contributed by atoms with E-state index in [1.807, 2.05) is 0 Å². The van der Waals surface area contributed by atoms with Crippen LogP contribution < -0.4 is 0 Å². The molecule has 0 aromatic heterocycles. The van der Waals surface area contributed by atoms with Crippen LogP contribution in [0.2, 0.25) is 0 Å². The zero-order valence-corrected chi connectivity index (χ0v) is 10.5. The van der Waals surface area contributed by atoms with Gasteiger partial charge in [-0.1, -0.05) is 50.5 Å². The Morgan fingerprint density at radius 3 is 1.75 bits per heavy atom. The van der Waals surface area contributed by atoms with E-state index in [0.29, 0.717) is 10.8 Å². The second kappa shape index (κ2) is 3.01. The average Bonchev–Trinajstić information content (AvgIpc) is 2.53. The van der Waals surface area contributed by atoms with E-state index in [1.54, 1.807) is 0 Å². The first-order valence-corrected chi connectivity index (χ1v) is 6.05.